The predicted octanol–water partition coefficient (Wildman–Crippen LogP) is 3.88. The SMILES string of the molecule is CCN1C(=O)C2CCc3c(OC)ccc(OCCCc4ccc(F)cc4)c3C2C1=O. The lowest BCUT2D eigenvalue weighted by molar-refractivity contribution is -0.139. The largest absolute Gasteiger partial charge is 0.496 e. The zero-order chi connectivity index (χ0) is 21.3. The summed E-state index contributed by atoms with van der Waals surface area (Å²) >= 11 is 0. The van der Waals surface area contributed by atoms with Gasteiger partial charge >= 0.3 is 0 Å². The number of likely N-dealkylation sites (N-methyl/N-ethyl adjacent to an activating group) is 1. The number of imide groups is 1. The van der Waals surface area contributed by atoms with Crippen molar-refractivity contribution in [2.24, 2.45) is 5.92 Å². The number of hydrogen-bond acceptors (Lipinski definition) is 4. The van der Waals surface area contributed by atoms with Crippen molar-refractivity contribution in [1.29, 1.82) is 0 Å². The monoisotopic (exact) mass is 411 g/mol. The summed E-state index contributed by atoms with van der Waals surface area (Å²) < 4.78 is 24.7. The molecule has 1 saturated heterocycles. The molecule has 2 aromatic rings. The van der Waals surface area contributed by atoms with Gasteiger partial charge in [-0.3, -0.25) is 14.5 Å². The van der Waals surface area contributed by atoms with E-state index in [2.05, 4.69) is 0 Å². The van der Waals surface area contributed by atoms with Gasteiger partial charge in [-0.25, -0.2) is 4.39 Å². The average molecular weight is 411 g/mol. The number of amides is 2. The van der Waals surface area contributed by atoms with Crippen LogP contribution in [-0.4, -0.2) is 37.0 Å². The first-order valence-electron chi connectivity index (χ1n) is 10.5. The molecule has 1 aliphatic heterocycles. The van der Waals surface area contributed by atoms with Crippen LogP contribution in [0.5, 0.6) is 11.5 Å². The van der Waals surface area contributed by atoms with Crippen molar-refractivity contribution in [2.45, 2.75) is 38.5 Å². The van der Waals surface area contributed by atoms with Gasteiger partial charge in [-0.2, -0.15) is 0 Å². The summed E-state index contributed by atoms with van der Waals surface area (Å²) in [6, 6.07) is 10.2. The Morgan fingerprint density at radius 3 is 2.50 bits per heavy atom. The van der Waals surface area contributed by atoms with Crippen LogP contribution < -0.4 is 9.47 Å². The van der Waals surface area contributed by atoms with Gasteiger partial charge in [0.2, 0.25) is 11.8 Å². The highest BCUT2D eigenvalue weighted by atomic mass is 19.1. The van der Waals surface area contributed by atoms with Gasteiger partial charge in [-0.1, -0.05) is 12.1 Å². The highest BCUT2D eigenvalue weighted by molar-refractivity contribution is 6.08. The summed E-state index contributed by atoms with van der Waals surface area (Å²) in [4.78, 5) is 27.1. The van der Waals surface area contributed by atoms with Crippen molar-refractivity contribution < 1.29 is 23.5 Å². The molecule has 158 valence electrons. The molecule has 1 heterocycles. The molecule has 0 bridgehead atoms. The summed E-state index contributed by atoms with van der Waals surface area (Å²) in [5.74, 6) is 0.102. The number of ether oxygens (including phenoxy) is 2. The molecule has 6 heteroatoms. The van der Waals surface area contributed by atoms with Crippen molar-refractivity contribution in [1.82, 2.24) is 4.90 Å². The van der Waals surface area contributed by atoms with E-state index in [1.165, 1.54) is 17.0 Å². The lowest BCUT2D eigenvalue weighted by Gasteiger charge is -2.28. The van der Waals surface area contributed by atoms with Crippen LogP contribution in [0.2, 0.25) is 0 Å². The maximum absolute atomic E-state index is 13.0. The number of halogens is 1. The minimum absolute atomic E-state index is 0.0803. The lowest BCUT2D eigenvalue weighted by Crippen LogP contribution is -2.30. The number of aryl methyl sites for hydroxylation is 1. The number of benzene rings is 2. The van der Waals surface area contributed by atoms with Crippen molar-refractivity contribution >= 4 is 11.8 Å². The van der Waals surface area contributed by atoms with E-state index >= 15 is 0 Å². The zero-order valence-electron chi connectivity index (χ0n) is 17.3. The third kappa shape index (κ3) is 3.55. The fraction of sp³-hybridized carbons (Fsp3) is 0.417. The van der Waals surface area contributed by atoms with E-state index in [0.717, 1.165) is 35.3 Å². The maximum atomic E-state index is 13.0. The molecule has 0 spiro atoms. The summed E-state index contributed by atoms with van der Waals surface area (Å²) in [6.45, 7) is 2.68. The van der Waals surface area contributed by atoms with Crippen molar-refractivity contribution in [2.75, 3.05) is 20.3 Å². The summed E-state index contributed by atoms with van der Waals surface area (Å²) in [6.07, 6.45) is 2.85. The van der Waals surface area contributed by atoms with Gasteiger partial charge in [0.15, 0.2) is 0 Å². The normalized spacial score (nSPS) is 20.2. The first kappa shape index (κ1) is 20.4. The molecule has 1 aliphatic carbocycles. The molecule has 2 unspecified atom stereocenters. The molecule has 2 amide bonds. The molecular formula is C24H26FNO4. The number of fused-ring (bicyclic) bond motifs is 3. The Morgan fingerprint density at radius 1 is 1.07 bits per heavy atom. The van der Waals surface area contributed by atoms with Crippen LogP contribution in [0.15, 0.2) is 36.4 Å². The van der Waals surface area contributed by atoms with Gasteiger partial charge in [-0.05, 0) is 62.4 Å². The average Bonchev–Trinajstić information content (AvgIpc) is 3.01. The molecule has 2 atom stereocenters. The number of carbonyl (C=O) groups excluding carboxylic acids is 2. The molecule has 1 fully saturated rings. The predicted molar refractivity (Wildman–Crippen MR) is 110 cm³/mol. The fourth-order valence-electron chi connectivity index (χ4n) is 4.67. The highest BCUT2D eigenvalue weighted by Gasteiger charge is 2.51. The van der Waals surface area contributed by atoms with Crippen molar-refractivity contribution in [3.05, 3.63) is 58.9 Å². The van der Waals surface area contributed by atoms with E-state index in [4.69, 9.17) is 9.47 Å². The molecule has 5 nitrogen and oxygen atoms in total. The number of methoxy groups -OCH3 is 1. The topological polar surface area (TPSA) is 55.8 Å². The van der Waals surface area contributed by atoms with Crippen LogP contribution in [0.25, 0.3) is 0 Å². The summed E-state index contributed by atoms with van der Waals surface area (Å²) in [5.41, 5.74) is 2.82. The Hall–Kier alpha value is -2.89. The molecule has 0 N–H and O–H groups in total. The van der Waals surface area contributed by atoms with Gasteiger partial charge in [0.05, 0.1) is 25.6 Å². The highest BCUT2D eigenvalue weighted by Crippen LogP contribution is 2.49. The van der Waals surface area contributed by atoms with Gasteiger partial charge < -0.3 is 9.47 Å². The van der Waals surface area contributed by atoms with Crippen LogP contribution in [0, 0.1) is 11.7 Å². The first-order valence-corrected chi connectivity index (χ1v) is 10.5. The number of likely N-dealkylation sites (tertiary alicyclic amines) is 1. The van der Waals surface area contributed by atoms with Gasteiger partial charge in [0.1, 0.15) is 17.3 Å². The minimum atomic E-state index is -0.497. The van der Waals surface area contributed by atoms with Crippen LogP contribution in [0.1, 0.15) is 42.4 Å². The minimum Gasteiger partial charge on any atom is -0.496 e. The van der Waals surface area contributed by atoms with Crippen molar-refractivity contribution in [3.8, 4) is 11.5 Å². The maximum Gasteiger partial charge on any atom is 0.237 e. The summed E-state index contributed by atoms with van der Waals surface area (Å²) in [5, 5.41) is 0. The van der Waals surface area contributed by atoms with Gasteiger partial charge in [0.25, 0.3) is 0 Å². The Balaban J connectivity index is 1.55. The molecule has 0 aromatic heterocycles. The zero-order valence-corrected chi connectivity index (χ0v) is 17.3. The Labute approximate surface area is 175 Å². The summed E-state index contributed by atoms with van der Waals surface area (Å²) in [7, 11) is 1.62. The molecular weight excluding hydrogens is 385 g/mol. The molecule has 0 saturated carbocycles. The molecule has 30 heavy (non-hydrogen) atoms. The third-order valence-electron chi connectivity index (χ3n) is 6.12. The number of hydrogen-bond donors (Lipinski definition) is 0. The quantitative estimate of drug-likeness (QED) is 0.513. The van der Waals surface area contributed by atoms with Crippen LogP contribution in [0.4, 0.5) is 4.39 Å². The van der Waals surface area contributed by atoms with Crippen LogP contribution >= 0.6 is 0 Å². The van der Waals surface area contributed by atoms with E-state index in [-0.39, 0.29) is 23.5 Å². The van der Waals surface area contributed by atoms with Gasteiger partial charge in [0, 0.05) is 17.7 Å². The Kier molecular flexibility index (Phi) is 5.75. The number of nitrogens with zero attached hydrogens (tertiary/aromatic N) is 1. The first-order chi connectivity index (χ1) is 14.5. The van der Waals surface area contributed by atoms with E-state index in [0.29, 0.717) is 31.7 Å². The molecule has 4 rings (SSSR count). The smallest absolute Gasteiger partial charge is 0.237 e. The second kappa shape index (κ2) is 8.46. The molecule has 0 radical (unpaired) electrons. The van der Waals surface area contributed by atoms with Crippen LogP contribution in [-0.2, 0) is 22.4 Å². The third-order valence-corrected chi connectivity index (χ3v) is 6.12. The fourth-order valence-corrected chi connectivity index (χ4v) is 4.67. The van der Waals surface area contributed by atoms with Crippen molar-refractivity contribution in [3.63, 3.8) is 0 Å². The second-order valence-corrected chi connectivity index (χ2v) is 7.78. The molecule has 2 aliphatic rings. The lowest BCUT2D eigenvalue weighted by atomic mass is 9.75. The van der Waals surface area contributed by atoms with Gasteiger partial charge in [-0.15, -0.1) is 0 Å². The Morgan fingerprint density at radius 2 is 1.80 bits per heavy atom. The van der Waals surface area contributed by atoms with E-state index in [1.54, 1.807) is 19.2 Å². The Bertz CT molecular complexity index is 956. The standard InChI is InChI=1S/C24H26FNO4/c1-3-26-23(27)18-11-10-17-19(29-2)12-13-20(21(17)22(18)24(26)28)30-14-4-5-15-6-8-16(25)9-7-15/h6-9,12-13,18,22H,3-5,10-11,14H2,1-2H3. The van der Waals surface area contributed by atoms with Crippen LogP contribution in [0.3, 0.4) is 0 Å². The second-order valence-electron chi connectivity index (χ2n) is 7.78. The van der Waals surface area contributed by atoms with E-state index in [9.17, 15) is 14.0 Å². The van der Waals surface area contributed by atoms with E-state index in [1.807, 2.05) is 19.1 Å². The number of carbonyl (C=O) groups is 2. The molecule has 2 aromatic carbocycles. The number of rotatable bonds is 7. The van der Waals surface area contributed by atoms with E-state index < -0.39 is 5.92 Å².